The van der Waals surface area contributed by atoms with Crippen LogP contribution in [-0.4, -0.2) is 16.0 Å². The molecule has 1 aromatic carbocycles. The van der Waals surface area contributed by atoms with Gasteiger partial charge in [-0.15, -0.1) is 0 Å². The van der Waals surface area contributed by atoms with Gasteiger partial charge in [-0.1, -0.05) is 19.1 Å². The second-order valence-electron chi connectivity index (χ2n) is 2.26. The molecule has 0 saturated carbocycles. The first-order valence-electron chi connectivity index (χ1n) is 3.90. The van der Waals surface area contributed by atoms with Crippen molar-refractivity contribution >= 4 is 11.7 Å². The smallest absolute Gasteiger partial charge is 0.481 e. The van der Waals surface area contributed by atoms with Crippen LogP contribution in [0.1, 0.15) is 13.3 Å². The summed E-state index contributed by atoms with van der Waals surface area (Å²) in [4.78, 5) is 18.9. The Morgan fingerprint density at radius 2 is 1.93 bits per heavy atom. The monoisotopic (exact) mass is 219 g/mol. The van der Waals surface area contributed by atoms with Crippen molar-refractivity contribution in [1.82, 2.24) is 0 Å². The third kappa shape index (κ3) is 9.40. The molecule has 1 N–H and O–H groups in total. The minimum absolute atomic E-state index is 0. The maximum atomic E-state index is 9.99. The van der Waals surface area contributed by atoms with Crippen molar-refractivity contribution in [1.29, 1.82) is 0 Å². The molecule has 0 heterocycles. The number of nitro benzene ring substituents is 1. The summed E-state index contributed by atoms with van der Waals surface area (Å²) >= 11 is 0. The molecule has 0 aromatic heterocycles. The maximum absolute atomic E-state index is 9.99. The normalized spacial score (nSPS) is 7.80. The molecule has 0 aliphatic heterocycles. The van der Waals surface area contributed by atoms with Gasteiger partial charge in [-0.25, -0.2) is 0 Å². The molecule has 1 rings (SSSR count). The largest absolute Gasteiger partial charge is 1.00 e. The van der Waals surface area contributed by atoms with Crippen molar-refractivity contribution in [3.8, 4) is 0 Å². The van der Waals surface area contributed by atoms with Crippen molar-refractivity contribution in [2.45, 2.75) is 13.3 Å². The van der Waals surface area contributed by atoms with Crippen LogP contribution < -0.4 is 29.6 Å². The molecule has 0 spiro atoms. The Bertz CT molecular complexity index is 302. The second kappa shape index (κ2) is 9.64. The van der Waals surface area contributed by atoms with Gasteiger partial charge in [0.1, 0.15) is 0 Å². The number of hydrogen-bond acceptors (Lipinski definition) is 3. The van der Waals surface area contributed by atoms with Crippen LogP contribution >= 0.6 is 0 Å². The molecule has 0 atom stereocenters. The number of carbonyl (C=O) groups is 1. The van der Waals surface area contributed by atoms with Gasteiger partial charge in [-0.05, 0) is 0 Å². The fraction of sp³-hybridized carbons (Fsp3) is 0.222. The van der Waals surface area contributed by atoms with Gasteiger partial charge in [0.05, 0.1) is 0 Å². The summed E-state index contributed by atoms with van der Waals surface area (Å²) in [6, 6.07) is 8.51. The van der Waals surface area contributed by atoms with Gasteiger partial charge < -0.3 is 5.11 Å². The van der Waals surface area contributed by atoms with Gasteiger partial charge in [0, 0.05) is 11.3 Å². The van der Waals surface area contributed by atoms with Crippen molar-refractivity contribution in [2.24, 2.45) is 0 Å². The SMILES string of the molecule is CCC(=O)O.O=[N+]([O-])c1cc[c-]cc1.[Na+]. The van der Waals surface area contributed by atoms with E-state index in [4.69, 9.17) is 5.11 Å². The predicted molar refractivity (Wildman–Crippen MR) is 49.9 cm³/mol. The van der Waals surface area contributed by atoms with Gasteiger partial charge in [-0.3, -0.25) is 14.9 Å². The molecule has 0 amide bonds. The number of hydrogen-bond donors (Lipinski definition) is 1. The predicted octanol–water partition coefficient (Wildman–Crippen LogP) is -1.12. The quantitative estimate of drug-likeness (QED) is 0.296. The van der Waals surface area contributed by atoms with Crippen molar-refractivity contribution in [3.05, 3.63) is 40.4 Å². The van der Waals surface area contributed by atoms with Crippen LogP contribution in [0.2, 0.25) is 0 Å². The van der Waals surface area contributed by atoms with Crippen molar-refractivity contribution in [2.75, 3.05) is 0 Å². The van der Waals surface area contributed by atoms with E-state index in [9.17, 15) is 14.9 Å². The topological polar surface area (TPSA) is 80.4 Å². The van der Waals surface area contributed by atoms with Gasteiger partial charge in [0.15, 0.2) is 5.69 Å². The van der Waals surface area contributed by atoms with E-state index in [-0.39, 0.29) is 41.7 Å². The fourth-order valence-corrected chi connectivity index (χ4v) is 0.500. The van der Waals surface area contributed by atoms with Crippen LogP contribution in [0.4, 0.5) is 5.69 Å². The Labute approximate surface area is 110 Å². The first-order chi connectivity index (χ1) is 6.57. The van der Waals surface area contributed by atoms with Crippen molar-refractivity contribution in [3.63, 3.8) is 0 Å². The summed E-state index contributed by atoms with van der Waals surface area (Å²) in [5.74, 6) is -0.745. The zero-order chi connectivity index (χ0) is 11.0. The number of rotatable bonds is 2. The first kappa shape index (κ1) is 16.5. The molecule has 0 aliphatic rings. The molecule has 5 nitrogen and oxygen atoms in total. The Hall–Kier alpha value is -0.910. The molecule has 0 aliphatic carbocycles. The van der Waals surface area contributed by atoms with Gasteiger partial charge >= 0.3 is 35.5 Å². The standard InChI is InChI=1S/C6H4NO2.C3H6O2.Na/c8-7(9)6-4-2-1-3-5-6;1-2-3(4)5;/h2-5H;2H2,1H3,(H,4,5);/q-1;;+1. The van der Waals surface area contributed by atoms with Gasteiger partial charge in [0.2, 0.25) is 0 Å². The summed E-state index contributed by atoms with van der Waals surface area (Å²) in [5.41, 5.74) is 0.105. The van der Waals surface area contributed by atoms with Crippen LogP contribution in [0.25, 0.3) is 0 Å². The molecular weight excluding hydrogens is 209 g/mol. The Morgan fingerprint density at radius 3 is 2.13 bits per heavy atom. The molecule has 15 heavy (non-hydrogen) atoms. The molecule has 1 aromatic rings. The average molecular weight is 219 g/mol. The molecule has 6 heteroatoms. The van der Waals surface area contributed by atoms with Gasteiger partial charge in [-0.2, -0.15) is 18.2 Å². The molecule has 0 unspecified atom stereocenters. The number of non-ortho nitro benzene ring substituents is 1. The molecule has 76 valence electrons. The summed E-state index contributed by atoms with van der Waals surface area (Å²) in [6.45, 7) is 1.60. The summed E-state index contributed by atoms with van der Waals surface area (Å²) in [7, 11) is 0. The first-order valence-corrected chi connectivity index (χ1v) is 3.90. The maximum Gasteiger partial charge on any atom is 1.00 e. The van der Waals surface area contributed by atoms with Crippen LogP contribution in [0.5, 0.6) is 0 Å². The summed E-state index contributed by atoms with van der Waals surface area (Å²) < 4.78 is 0. The molecule has 0 bridgehead atoms. The van der Waals surface area contributed by atoms with E-state index >= 15 is 0 Å². The third-order valence-corrected chi connectivity index (χ3v) is 1.21. The van der Waals surface area contributed by atoms with E-state index in [1.165, 1.54) is 24.3 Å². The van der Waals surface area contributed by atoms with E-state index in [1.54, 1.807) is 6.92 Å². The minimum Gasteiger partial charge on any atom is -0.481 e. The Kier molecular flexibility index (Phi) is 10.6. The second-order valence-corrected chi connectivity index (χ2v) is 2.26. The number of carboxylic acids is 1. The molecule has 0 fully saturated rings. The number of nitro groups is 1. The van der Waals surface area contributed by atoms with E-state index in [0.29, 0.717) is 0 Å². The molecular formula is C9H10NNaO4. The zero-order valence-corrected chi connectivity index (χ0v) is 10.6. The van der Waals surface area contributed by atoms with E-state index < -0.39 is 10.9 Å². The van der Waals surface area contributed by atoms with Crippen LogP contribution in [0, 0.1) is 16.2 Å². The third-order valence-electron chi connectivity index (χ3n) is 1.21. The minimum atomic E-state index is -0.745. The zero-order valence-electron chi connectivity index (χ0n) is 8.64. The van der Waals surface area contributed by atoms with Gasteiger partial charge in [0.25, 0.3) is 0 Å². The molecule has 0 radical (unpaired) electrons. The average Bonchev–Trinajstić information content (AvgIpc) is 2.20. The Morgan fingerprint density at radius 1 is 1.53 bits per heavy atom. The summed E-state index contributed by atoms with van der Waals surface area (Å²) in [6.07, 6.45) is 0.222. The number of benzene rings is 1. The number of nitrogens with zero attached hydrogens (tertiary/aromatic N) is 1. The Balaban J connectivity index is 0. The van der Waals surface area contributed by atoms with Crippen molar-refractivity contribution < 1.29 is 44.4 Å². The van der Waals surface area contributed by atoms with Crippen LogP contribution in [0.3, 0.4) is 0 Å². The van der Waals surface area contributed by atoms with E-state index in [1.807, 2.05) is 0 Å². The molecule has 0 saturated heterocycles. The number of carboxylic acid groups (broad SMARTS) is 1. The van der Waals surface area contributed by atoms with Crippen LogP contribution in [-0.2, 0) is 4.79 Å². The van der Waals surface area contributed by atoms with E-state index in [2.05, 4.69) is 6.07 Å². The summed E-state index contributed by atoms with van der Waals surface area (Å²) in [5, 5.41) is 17.7. The van der Waals surface area contributed by atoms with Crippen LogP contribution in [0.15, 0.2) is 24.3 Å². The number of aliphatic carboxylic acids is 1. The fourth-order valence-electron chi connectivity index (χ4n) is 0.500. The van der Waals surface area contributed by atoms with E-state index in [0.717, 1.165) is 0 Å².